The van der Waals surface area contributed by atoms with Gasteiger partial charge >= 0.3 is 0 Å². The first-order valence-electron chi connectivity index (χ1n) is 3.74. The summed E-state index contributed by atoms with van der Waals surface area (Å²) >= 11 is 3.23. The number of anilines is 1. The largest absolute Gasteiger partial charge is 0.380 e. The number of hydrogen-bond donors (Lipinski definition) is 2. The maximum Gasteiger partial charge on any atom is 0.248 e. The summed E-state index contributed by atoms with van der Waals surface area (Å²) in [5.41, 5.74) is 11.5. The maximum atomic E-state index is 10.9. The van der Waals surface area contributed by atoms with E-state index >= 15 is 0 Å². The van der Waals surface area contributed by atoms with Crippen LogP contribution in [0.4, 0.5) is 5.82 Å². The van der Waals surface area contributed by atoms with Crippen molar-refractivity contribution in [2.24, 2.45) is 5.73 Å². The molecule has 5 nitrogen and oxygen atoms in total. The van der Waals surface area contributed by atoms with Gasteiger partial charge in [-0.05, 0) is 28.1 Å². The number of carbonyl (C=O) groups excluding carboxylic acids is 1. The number of benzene rings is 1. The minimum absolute atomic E-state index is 0.240. The SMILES string of the molecule is NC(=O)c1cc(Br)c2onc(N)c2c1. The molecule has 2 aromatic rings. The average Bonchev–Trinajstić information content (AvgIpc) is 2.48. The third kappa shape index (κ3) is 1.24. The molecule has 0 radical (unpaired) electrons. The fourth-order valence-electron chi connectivity index (χ4n) is 1.16. The van der Waals surface area contributed by atoms with Crippen LogP contribution in [-0.4, -0.2) is 11.1 Å². The Morgan fingerprint density at radius 1 is 1.50 bits per heavy atom. The summed E-state index contributed by atoms with van der Waals surface area (Å²) in [6.07, 6.45) is 0. The second-order valence-corrected chi connectivity index (χ2v) is 3.62. The highest BCUT2D eigenvalue weighted by Crippen LogP contribution is 2.29. The van der Waals surface area contributed by atoms with E-state index in [1.165, 1.54) is 0 Å². The second-order valence-electron chi connectivity index (χ2n) is 2.77. The number of fused-ring (bicyclic) bond motifs is 1. The Kier molecular flexibility index (Phi) is 1.92. The topological polar surface area (TPSA) is 95.1 Å². The lowest BCUT2D eigenvalue weighted by molar-refractivity contribution is 0.100. The molecule has 72 valence electrons. The van der Waals surface area contributed by atoms with Crippen molar-refractivity contribution in [2.45, 2.75) is 0 Å². The first-order chi connectivity index (χ1) is 6.59. The van der Waals surface area contributed by atoms with E-state index in [1.807, 2.05) is 0 Å². The summed E-state index contributed by atoms with van der Waals surface area (Å²) in [6.45, 7) is 0. The van der Waals surface area contributed by atoms with Crippen molar-refractivity contribution in [3.05, 3.63) is 22.2 Å². The molecule has 0 aliphatic heterocycles. The van der Waals surface area contributed by atoms with Gasteiger partial charge in [0.25, 0.3) is 0 Å². The van der Waals surface area contributed by atoms with E-state index < -0.39 is 5.91 Å². The van der Waals surface area contributed by atoms with Crippen molar-refractivity contribution in [3.8, 4) is 0 Å². The lowest BCUT2D eigenvalue weighted by Gasteiger charge is -1.96. The van der Waals surface area contributed by atoms with E-state index in [0.717, 1.165) is 0 Å². The van der Waals surface area contributed by atoms with Crippen LogP contribution < -0.4 is 11.5 Å². The summed E-state index contributed by atoms with van der Waals surface area (Å²) in [5, 5.41) is 4.15. The normalized spacial score (nSPS) is 10.6. The fourth-order valence-corrected chi connectivity index (χ4v) is 1.70. The van der Waals surface area contributed by atoms with Gasteiger partial charge in [0.1, 0.15) is 0 Å². The summed E-state index contributed by atoms with van der Waals surface area (Å²) in [6, 6.07) is 3.11. The zero-order valence-electron chi connectivity index (χ0n) is 6.95. The molecule has 0 fully saturated rings. The molecule has 0 saturated carbocycles. The number of nitrogen functional groups attached to an aromatic ring is 1. The Balaban J connectivity index is 2.82. The smallest absolute Gasteiger partial charge is 0.248 e. The van der Waals surface area contributed by atoms with Gasteiger partial charge in [-0.1, -0.05) is 5.16 Å². The van der Waals surface area contributed by atoms with Crippen molar-refractivity contribution in [2.75, 3.05) is 5.73 Å². The number of carbonyl (C=O) groups is 1. The number of amides is 1. The number of primary amides is 1. The van der Waals surface area contributed by atoms with Crippen molar-refractivity contribution < 1.29 is 9.32 Å². The van der Waals surface area contributed by atoms with Gasteiger partial charge in [-0.25, -0.2) is 0 Å². The van der Waals surface area contributed by atoms with Crippen LogP contribution in [-0.2, 0) is 0 Å². The van der Waals surface area contributed by atoms with Gasteiger partial charge in [0.05, 0.1) is 9.86 Å². The van der Waals surface area contributed by atoms with E-state index in [-0.39, 0.29) is 5.82 Å². The van der Waals surface area contributed by atoms with Gasteiger partial charge in [0.15, 0.2) is 11.4 Å². The van der Waals surface area contributed by atoms with Gasteiger partial charge in [0, 0.05) is 5.56 Å². The zero-order chi connectivity index (χ0) is 10.3. The Morgan fingerprint density at radius 2 is 2.21 bits per heavy atom. The van der Waals surface area contributed by atoms with Crippen LogP contribution in [0.3, 0.4) is 0 Å². The molecule has 0 atom stereocenters. The molecule has 6 heteroatoms. The molecular formula is C8H6BrN3O2. The predicted molar refractivity (Wildman–Crippen MR) is 54.6 cm³/mol. The number of halogens is 1. The molecule has 1 heterocycles. The number of rotatable bonds is 1. The first-order valence-corrected chi connectivity index (χ1v) is 4.53. The van der Waals surface area contributed by atoms with Crippen LogP contribution in [0.1, 0.15) is 10.4 Å². The van der Waals surface area contributed by atoms with Gasteiger partial charge in [0.2, 0.25) is 5.91 Å². The number of nitrogens with two attached hydrogens (primary N) is 2. The number of hydrogen-bond acceptors (Lipinski definition) is 4. The standard InChI is InChI=1S/C8H6BrN3O2/c9-5-2-3(8(11)13)1-4-6(5)14-12-7(4)10/h1-2H,(H2,10,12)(H2,11,13). The molecule has 0 saturated heterocycles. The number of nitrogens with zero attached hydrogens (tertiary/aromatic N) is 1. The monoisotopic (exact) mass is 255 g/mol. The summed E-state index contributed by atoms with van der Waals surface area (Å²) in [5.74, 6) is -0.281. The third-order valence-electron chi connectivity index (χ3n) is 1.84. The van der Waals surface area contributed by atoms with Gasteiger partial charge in [-0.3, -0.25) is 4.79 Å². The van der Waals surface area contributed by atoms with Crippen molar-refractivity contribution in [3.63, 3.8) is 0 Å². The van der Waals surface area contributed by atoms with E-state index in [0.29, 0.717) is 21.0 Å². The fraction of sp³-hybridized carbons (Fsp3) is 0. The van der Waals surface area contributed by atoms with Crippen molar-refractivity contribution >= 4 is 38.6 Å². The lowest BCUT2D eigenvalue weighted by atomic mass is 10.1. The molecule has 1 aromatic carbocycles. The molecule has 1 amide bonds. The maximum absolute atomic E-state index is 10.9. The van der Waals surface area contributed by atoms with Gasteiger partial charge in [-0.15, -0.1) is 0 Å². The average molecular weight is 256 g/mol. The van der Waals surface area contributed by atoms with E-state index in [1.54, 1.807) is 12.1 Å². The lowest BCUT2D eigenvalue weighted by Crippen LogP contribution is -2.10. The van der Waals surface area contributed by atoms with Gasteiger partial charge in [-0.2, -0.15) is 0 Å². The first kappa shape index (κ1) is 9.01. The quantitative estimate of drug-likeness (QED) is 0.803. The van der Waals surface area contributed by atoms with Crippen molar-refractivity contribution in [1.29, 1.82) is 0 Å². The molecule has 0 bridgehead atoms. The molecular weight excluding hydrogens is 250 g/mol. The Bertz CT molecular complexity index is 521. The van der Waals surface area contributed by atoms with E-state index in [4.69, 9.17) is 16.0 Å². The zero-order valence-corrected chi connectivity index (χ0v) is 8.54. The minimum atomic E-state index is -0.520. The third-order valence-corrected chi connectivity index (χ3v) is 2.43. The summed E-state index contributed by atoms with van der Waals surface area (Å²) in [7, 11) is 0. The van der Waals surface area contributed by atoms with Crippen LogP contribution in [0.15, 0.2) is 21.1 Å². The van der Waals surface area contributed by atoms with Gasteiger partial charge < -0.3 is 16.0 Å². The highest BCUT2D eigenvalue weighted by molar-refractivity contribution is 9.10. The molecule has 2 rings (SSSR count). The molecule has 1 aromatic heterocycles. The summed E-state index contributed by atoms with van der Waals surface area (Å²) < 4.78 is 5.54. The Morgan fingerprint density at radius 3 is 2.86 bits per heavy atom. The molecule has 0 aliphatic rings. The molecule has 0 spiro atoms. The summed E-state index contributed by atoms with van der Waals surface area (Å²) in [4.78, 5) is 10.9. The highest BCUT2D eigenvalue weighted by Gasteiger charge is 2.12. The van der Waals surface area contributed by atoms with Crippen LogP contribution in [0.2, 0.25) is 0 Å². The predicted octanol–water partition coefficient (Wildman–Crippen LogP) is 1.27. The van der Waals surface area contributed by atoms with Crippen LogP contribution in [0, 0.1) is 0 Å². The minimum Gasteiger partial charge on any atom is -0.380 e. The number of aromatic nitrogens is 1. The highest BCUT2D eigenvalue weighted by atomic mass is 79.9. The van der Waals surface area contributed by atoms with Crippen LogP contribution in [0.5, 0.6) is 0 Å². The van der Waals surface area contributed by atoms with E-state index in [9.17, 15) is 4.79 Å². The van der Waals surface area contributed by atoms with E-state index in [2.05, 4.69) is 21.1 Å². The van der Waals surface area contributed by atoms with Crippen LogP contribution >= 0.6 is 15.9 Å². The molecule has 0 aliphatic carbocycles. The Hall–Kier alpha value is -1.56. The molecule has 4 N–H and O–H groups in total. The van der Waals surface area contributed by atoms with Crippen molar-refractivity contribution in [1.82, 2.24) is 5.16 Å². The Labute approximate surface area is 87.2 Å². The second kappa shape index (κ2) is 2.98. The van der Waals surface area contributed by atoms with Crippen LogP contribution in [0.25, 0.3) is 11.0 Å². The molecule has 0 unspecified atom stereocenters. The molecule has 14 heavy (non-hydrogen) atoms.